The molecule has 3 nitrogen and oxygen atoms in total. The minimum absolute atomic E-state index is 0.167. The van der Waals surface area contributed by atoms with E-state index in [1.54, 1.807) is 0 Å². The largest absolute Gasteiger partial charge is 0.326 e. The molecule has 108 valence electrons. The standard InChI is InChI=1S/C15H27N3S/c1-10-6-7-19-15(10)14(13(4)16)18-8-11(2)17(5)12(3)9-18/h6-7,11-14H,8-9,16H2,1-5H3. The van der Waals surface area contributed by atoms with Crippen molar-refractivity contribution in [1.29, 1.82) is 0 Å². The lowest BCUT2D eigenvalue weighted by Crippen LogP contribution is -2.57. The van der Waals surface area contributed by atoms with E-state index in [0.29, 0.717) is 18.1 Å². The van der Waals surface area contributed by atoms with E-state index in [4.69, 9.17) is 5.73 Å². The van der Waals surface area contributed by atoms with Gasteiger partial charge in [0.2, 0.25) is 0 Å². The summed E-state index contributed by atoms with van der Waals surface area (Å²) < 4.78 is 0. The van der Waals surface area contributed by atoms with E-state index in [1.807, 2.05) is 11.3 Å². The first-order chi connectivity index (χ1) is 8.91. The zero-order valence-corrected chi connectivity index (χ0v) is 13.6. The SMILES string of the molecule is Cc1ccsc1C(C(C)N)N1CC(C)N(C)C(C)C1. The molecule has 0 bridgehead atoms. The lowest BCUT2D eigenvalue weighted by atomic mass is 10.00. The zero-order chi connectivity index (χ0) is 14.2. The van der Waals surface area contributed by atoms with Crippen molar-refractivity contribution in [2.45, 2.75) is 51.9 Å². The molecule has 0 amide bonds. The van der Waals surface area contributed by atoms with Gasteiger partial charge in [0.25, 0.3) is 0 Å². The molecular weight excluding hydrogens is 254 g/mol. The third kappa shape index (κ3) is 3.02. The first kappa shape index (κ1) is 15.0. The summed E-state index contributed by atoms with van der Waals surface area (Å²) >= 11 is 1.85. The number of piperazine rings is 1. The smallest absolute Gasteiger partial charge is 0.0594 e. The van der Waals surface area contributed by atoms with Crippen LogP contribution in [0, 0.1) is 6.92 Å². The summed E-state index contributed by atoms with van der Waals surface area (Å²) in [5.41, 5.74) is 7.69. The third-order valence-electron chi connectivity index (χ3n) is 4.45. The predicted molar refractivity (Wildman–Crippen MR) is 83.7 cm³/mol. The lowest BCUT2D eigenvalue weighted by Gasteiger charge is -2.46. The van der Waals surface area contributed by atoms with E-state index in [0.717, 1.165) is 13.1 Å². The molecule has 4 atom stereocenters. The van der Waals surface area contributed by atoms with Crippen molar-refractivity contribution in [2.24, 2.45) is 5.73 Å². The van der Waals surface area contributed by atoms with Crippen LogP contribution < -0.4 is 5.73 Å². The van der Waals surface area contributed by atoms with Crippen molar-refractivity contribution >= 4 is 11.3 Å². The first-order valence-corrected chi connectivity index (χ1v) is 8.05. The van der Waals surface area contributed by atoms with Gasteiger partial charge in [0, 0.05) is 36.1 Å². The summed E-state index contributed by atoms with van der Waals surface area (Å²) in [7, 11) is 2.23. The highest BCUT2D eigenvalue weighted by molar-refractivity contribution is 7.10. The Morgan fingerprint density at radius 1 is 1.32 bits per heavy atom. The molecule has 1 aliphatic rings. The Morgan fingerprint density at radius 2 is 1.89 bits per heavy atom. The number of likely N-dealkylation sites (N-methyl/N-ethyl adjacent to an activating group) is 1. The molecular formula is C15H27N3S. The van der Waals surface area contributed by atoms with Crippen LogP contribution in [0.5, 0.6) is 0 Å². The van der Waals surface area contributed by atoms with Gasteiger partial charge < -0.3 is 5.73 Å². The Balaban J connectivity index is 2.24. The molecule has 1 aromatic rings. The van der Waals surface area contributed by atoms with Crippen molar-refractivity contribution in [1.82, 2.24) is 9.80 Å². The van der Waals surface area contributed by atoms with Gasteiger partial charge in [-0.05, 0) is 51.8 Å². The Bertz CT molecular complexity index is 403. The molecule has 0 aliphatic carbocycles. The van der Waals surface area contributed by atoms with Crippen LogP contribution in [0.3, 0.4) is 0 Å². The molecule has 2 N–H and O–H groups in total. The van der Waals surface area contributed by atoms with Crippen molar-refractivity contribution in [3.05, 3.63) is 21.9 Å². The normalized spacial score (nSPS) is 29.4. The molecule has 0 spiro atoms. The molecule has 1 saturated heterocycles. The van der Waals surface area contributed by atoms with Gasteiger partial charge in [-0.2, -0.15) is 0 Å². The minimum atomic E-state index is 0.167. The van der Waals surface area contributed by atoms with Gasteiger partial charge in [0.1, 0.15) is 0 Å². The monoisotopic (exact) mass is 281 g/mol. The van der Waals surface area contributed by atoms with E-state index in [-0.39, 0.29) is 6.04 Å². The number of rotatable bonds is 3. The molecule has 0 radical (unpaired) electrons. The maximum Gasteiger partial charge on any atom is 0.0594 e. The molecule has 4 heteroatoms. The number of nitrogens with zero attached hydrogens (tertiary/aromatic N) is 2. The second-order valence-corrected chi connectivity index (χ2v) is 7.04. The number of hydrogen-bond acceptors (Lipinski definition) is 4. The predicted octanol–water partition coefficient (Wildman–Crippen LogP) is 2.47. The number of hydrogen-bond donors (Lipinski definition) is 1. The molecule has 2 rings (SSSR count). The molecule has 0 aromatic carbocycles. The van der Waals surface area contributed by atoms with Crippen LogP contribution >= 0.6 is 11.3 Å². The zero-order valence-electron chi connectivity index (χ0n) is 12.8. The summed E-state index contributed by atoms with van der Waals surface area (Å²) in [6, 6.07) is 3.91. The van der Waals surface area contributed by atoms with Crippen LogP contribution in [0.4, 0.5) is 0 Å². The van der Waals surface area contributed by atoms with Crippen molar-refractivity contribution in [3.8, 4) is 0 Å². The Kier molecular flexibility index (Phi) is 4.66. The summed E-state index contributed by atoms with van der Waals surface area (Å²) in [4.78, 5) is 6.49. The van der Waals surface area contributed by atoms with E-state index in [2.05, 4.69) is 56.0 Å². The summed E-state index contributed by atoms with van der Waals surface area (Å²) in [5, 5.41) is 2.18. The maximum atomic E-state index is 6.30. The highest BCUT2D eigenvalue weighted by Gasteiger charge is 2.34. The highest BCUT2D eigenvalue weighted by Crippen LogP contribution is 2.33. The fourth-order valence-electron chi connectivity index (χ4n) is 3.10. The van der Waals surface area contributed by atoms with Gasteiger partial charge in [0.15, 0.2) is 0 Å². The van der Waals surface area contributed by atoms with Gasteiger partial charge in [-0.15, -0.1) is 11.3 Å². The Labute approximate surface area is 121 Å². The first-order valence-electron chi connectivity index (χ1n) is 7.17. The van der Waals surface area contributed by atoms with E-state index in [9.17, 15) is 0 Å². The molecule has 1 fully saturated rings. The maximum absolute atomic E-state index is 6.30. The summed E-state index contributed by atoms with van der Waals surface area (Å²) in [5.74, 6) is 0. The third-order valence-corrected chi connectivity index (χ3v) is 5.54. The number of thiophene rings is 1. The second kappa shape index (κ2) is 5.92. The van der Waals surface area contributed by atoms with Crippen molar-refractivity contribution in [3.63, 3.8) is 0 Å². The van der Waals surface area contributed by atoms with Gasteiger partial charge in [-0.25, -0.2) is 0 Å². The molecule has 1 aliphatic heterocycles. The summed E-state index contributed by atoms with van der Waals surface area (Å²) in [6.45, 7) is 11.2. The average Bonchev–Trinajstić information content (AvgIpc) is 2.72. The van der Waals surface area contributed by atoms with Gasteiger partial charge in [0.05, 0.1) is 6.04 Å². The van der Waals surface area contributed by atoms with Crippen LogP contribution in [-0.2, 0) is 0 Å². The minimum Gasteiger partial charge on any atom is -0.326 e. The molecule has 19 heavy (non-hydrogen) atoms. The van der Waals surface area contributed by atoms with E-state index < -0.39 is 0 Å². The van der Waals surface area contributed by atoms with Crippen molar-refractivity contribution in [2.75, 3.05) is 20.1 Å². The van der Waals surface area contributed by atoms with Gasteiger partial charge in [-0.1, -0.05) is 0 Å². The molecule has 4 unspecified atom stereocenters. The van der Waals surface area contributed by atoms with Crippen LogP contribution in [-0.4, -0.2) is 48.1 Å². The molecule has 1 aromatic heterocycles. The number of nitrogens with two attached hydrogens (primary N) is 1. The summed E-state index contributed by atoms with van der Waals surface area (Å²) in [6.07, 6.45) is 0. The van der Waals surface area contributed by atoms with Crippen LogP contribution in [0.15, 0.2) is 11.4 Å². The quantitative estimate of drug-likeness (QED) is 0.924. The van der Waals surface area contributed by atoms with E-state index >= 15 is 0 Å². The fourth-order valence-corrected chi connectivity index (χ4v) is 4.27. The van der Waals surface area contributed by atoms with E-state index in [1.165, 1.54) is 10.4 Å². The fraction of sp³-hybridized carbons (Fsp3) is 0.733. The number of aryl methyl sites for hydroxylation is 1. The average molecular weight is 281 g/mol. The highest BCUT2D eigenvalue weighted by atomic mass is 32.1. The van der Waals surface area contributed by atoms with Crippen molar-refractivity contribution < 1.29 is 0 Å². The lowest BCUT2D eigenvalue weighted by molar-refractivity contribution is 0.0282. The van der Waals surface area contributed by atoms with Gasteiger partial charge >= 0.3 is 0 Å². The second-order valence-electron chi connectivity index (χ2n) is 6.09. The Hall–Kier alpha value is -0.420. The molecule has 0 saturated carbocycles. The molecule has 2 heterocycles. The van der Waals surface area contributed by atoms with Crippen LogP contribution in [0.2, 0.25) is 0 Å². The van der Waals surface area contributed by atoms with Gasteiger partial charge in [-0.3, -0.25) is 9.80 Å². The topological polar surface area (TPSA) is 32.5 Å². The Morgan fingerprint density at radius 3 is 2.32 bits per heavy atom. The van der Waals surface area contributed by atoms with Crippen LogP contribution in [0.1, 0.15) is 37.3 Å². The van der Waals surface area contributed by atoms with Crippen LogP contribution in [0.25, 0.3) is 0 Å².